The molecule has 0 amide bonds. The molecule has 4 rings (SSSR count). The van der Waals surface area contributed by atoms with Gasteiger partial charge >= 0.3 is 77.0 Å². The maximum absolute atomic E-state index is 12.3. The third kappa shape index (κ3) is 22.5. The molecule has 4 aromatic rings. The number of rotatable bonds is 12. The number of hydrogen-bond acceptors (Lipinski definition) is 13. The molecule has 1 N–H and O–H groups in total. The van der Waals surface area contributed by atoms with Crippen LogP contribution in [0.4, 0.5) is 13.5 Å². The van der Waals surface area contributed by atoms with Crippen molar-refractivity contribution in [1.29, 1.82) is 0 Å². The van der Waals surface area contributed by atoms with Crippen LogP contribution < -0.4 is 78.1 Å². The molecule has 58 heavy (non-hydrogen) atoms. The zero-order valence-corrected chi connectivity index (χ0v) is 42.6. The summed E-state index contributed by atoms with van der Waals surface area (Å²) in [7, 11) is 8.01. The molecule has 0 fully saturated rings. The van der Waals surface area contributed by atoms with Crippen LogP contribution in [0.15, 0.2) is 84.9 Å². The maximum Gasteiger partial charge on any atom is 1.00 e. The van der Waals surface area contributed by atoms with E-state index in [4.69, 9.17) is 32.8 Å². The zero-order chi connectivity index (χ0) is 42.2. The number of hydrogen-bond donors (Lipinski definition) is 0. The van der Waals surface area contributed by atoms with Gasteiger partial charge in [-0.05, 0) is 61.0 Å². The molecule has 0 spiro atoms. The molecule has 0 radical (unpaired) electrons. The van der Waals surface area contributed by atoms with Crippen LogP contribution in [0.5, 0.6) is 23.0 Å². The van der Waals surface area contributed by atoms with Crippen molar-refractivity contribution in [2.45, 2.75) is 16.8 Å². The number of benzene rings is 4. The minimum absolute atomic E-state index is 0. The Labute approximate surface area is 406 Å². The van der Waals surface area contributed by atoms with E-state index in [1.807, 2.05) is 48.9 Å². The Morgan fingerprint density at radius 1 is 0.569 bits per heavy atom. The fraction of sp³-hybridized carbons (Fsp3) is 0.308. The third-order valence-corrected chi connectivity index (χ3v) is 8.47. The number of carbonyl (C=O) groups excluding carboxylic acids is 3. The number of ether oxygens (including phenoxy) is 6. The first kappa shape index (κ1) is 65.1. The zero-order valence-electron chi connectivity index (χ0n) is 34.6. The molecular formula is C39H48BrF3Na2O10S3. The standard InChI is InChI=1S/C16H16O3S.C11H14O3S.C10H11BrO3.CH3F.CH4S.F2.2Na.H2O/c1-18-15-10-6-9-13(14(15)11-20-2)16(17)19-12-7-4-3-5-8-12;1-13-10-6-4-5-8(11(12)14-2)9(10)7-15-3;1-13-9-5-3-4-7(8(9)6-11)10(12)14-2;3*1-2;;;/h3-10H,11H2,1-2H3;4-6H,7H2,1-3H3;3-5H,6H2,1-2H3;1H3;2H,1H3;;;;1H2/q;;;;;;2*+1;/p-2. The minimum atomic E-state index is -0.362. The van der Waals surface area contributed by atoms with E-state index in [0.29, 0.717) is 52.2 Å². The average molecular weight is 956 g/mol. The smallest absolute Gasteiger partial charge is 0.870 e. The topological polar surface area (TPSA) is 137 Å². The summed E-state index contributed by atoms with van der Waals surface area (Å²) in [6.45, 7) is 0. The van der Waals surface area contributed by atoms with Crippen molar-refractivity contribution in [2.75, 3.05) is 61.5 Å². The molecule has 0 unspecified atom stereocenters. The van der Waals surface area contributed by atoms with Gasteiger partial charge in [-0.3, -0.25) is 4.39 Å². The average Bonchev–Trinajstić information content (AvgIpc) is 3.25. The van der Waals surface area contributed by atoms with Crippen LogP contribution in [-0.2, 0) is 38.9 Å². The first-order chi connectivity index (χ1) is 26.7. The summed E-state index contributed by atoms with van der Waals surface area (Å²) in [6.07, 6.45) is 5.55. The van der Waals surface area contributed by atoms with Gasteiger partial charge in [-0.2, -0.15) is 29.8 Å². The fourth-order valence-corrected chi connectivity index (χ4v) is 6.19. The second-order valence-corrected chi connectivity index (χ2v) is 11.9. The molecule has 4 aromatic carbocycles. The summed E-state index contributed by atoms with van der Waals surface area (Å²) in [4.78, 5) is 35.1. The Balaban J connectivity index is -0.000000225. The molecular weight excluding hydrogens is 907 g/mol. The summed E-state index contributed by atoms with van der Waals surface area (Å²) in [6, 6.07) is 25.1. The minimum Gasteiger partial charge on any atom is -0.870 e. The van der Waals surface area contributed by atoms with Crippen LogP contribution in [0.3, 0.4) is 0 Å². The number of methoxy groups -OCH3 is 5. The van der Waals surface area contributed by atoms with Gasteiger partial charge in [0.05, 0.1) is 59.4 Å². The Bertz CT molecular complexity index is 1690. The number of alkyl halides is 2. The quantitative estimate of drug-likeness (QED) is 0.0669. The van der Waals surface area contributed by atoms with Crippen molar-refractivity contribution >= 4 is 70.0 Å². The molecule has 0 aliphatic rings. The van der Waals surface area contributed by atoms with Crippen LogP contribution in [0.2, 0.25) is 0 Å². The SMILES string of the molecule is CF.COC(=O)c1cccc(OC)c1CBr.COC(=O)c1cccc(OC)c1CSC.COc1cccc(C(=O)Oc2ccccc2)c1CSC.C[S-].FF.[Na+].[Na+].[OH-]. The van der Waals surface area contributed by atoms with Crippen molar-refractivity contribution in [1.82, 2.24) is 0 Å². The summed E-state index contributed by atoms with van der Waals surface area (Å²) in [5.41, 5.74) is 4.21. The summed E-state index contributed by atoms with van der Waals surface area (Å²) >= 11 is 10.7. The van der Waals surface area contributed by atoms with Gasteiger partial charge in [0.15, 0.2) is 0 Å². The van der Waals surface area contributed by atoms with Gasteiger partial charge in [-0.15, -0.1) is 0 Å². The van der Waals surface area contributed by atoms with Crippen molar-refractivity contribution in [3.8, 4) is 23.0 Å². The Morgan fingerprint density at radius 2 is 0.897 bits per heavy atom. The largest absolute Gasteiger partial charge is 1.00 e. The predicted molar refractivity (Wildman–Crippen MR) is 225 cm³/mol. The van der Waals surface area contributed by atoms with Gasteiger partial charge in [0.25, 0.3) is 0 Å². The summed E-state index contributed by atoms with van der Waals surface area (Å²) in [5, 5.41) is 0.557. The van der Waals surface area contributed by atoms with Gasteiger partial charge in [0.1, 0.15) is 23.0 Å². The number of esters is 3. The van der Waals surface area contributed by atoms with Crippen molar-refractivity contribution < 1.29 is 121 Å². The van der Waals surface area contributed by atoms with Gasteiger partial charge < -0.3 is 46.5 Å². The van der Waals surface area contributed by atoms with E-state index < -0.39 is 0 Å². The van der Waals surface area contributed by atoms with Crippen LogP contribution in [0, 0.1) is 0 Å². The number of thioether (sulfide) groups is 2. The van der Waals surface area contributed by atoms with Crippen molar-refractivity contribution in [3.05, 3.63) is 118 Å². The van der Waals surface area contributed by atoms with Gasteiger partial charge in [0, 0.05) is 42.7 Å². The summed E-state index contributed by atoms with van der Waals surface area (Å²) < 4.78 is 55.9. The summed E-state index contributed by atoms with van der Waals surface area (Å²) in [5.74, 6) is 3.06. The first-order valence-corrected chi connectivity index (χ1v) is 20.4. The van der Waals surface area contributed by atoms with Gasteiger partial charge in [-0.1, -0.05) is 52.3 Å². The molecule has 0 atom stereocenters. The number of para-hydroxylation sites is 1. The fourth-order valence-electron chi connectivity index (χ4n) is 4.44. The van der Waals surface area contributed by atoms with E-state index >= 15 is 0 Å². The molecule has 0 aliphatic heterocycles. The van der Waals surface area contributed by atoms with Gasteiger partial charge in [-0.25, -0.2) is 14.4 Å². The normalized spacial score (nSPS) is 8.66. The Morgan fingerprint density at radius 3 is 1.21 bits per heavy atom. The maximum atomic E-state index is 12.3. The van der Waals surface area contributed by atoms with Crippen LogP contribution in [-0.4, -0.2) is 84.9 Å². The molecule has 0 heterocycles. The molecule has 19 heteroatoms. The van der Waals surface area contributed by atoms with Crippen LogP contribution >= 0.6 is 39.5 Å². The van der Waals surface area contributed by atoms with E-state index in [1.165, 1.54) is 14.2 Å². The molecule has 312 valence electrons. The van der Waals surface area contributed by atoms with E-state index in [2.05, 4.69) is 33.3 Å². The third-order valence-electron chi connectivity index (χ3n) is 6.75. The monoisotopic (exact) mass is 954 g/mol. The van der Waals surface area contributed by atoms with Crippen molar-refractivity contribution in [3.63, 3.8) is 0 Å². The van der Waals surface area contributed by atoms with E-state index in [1.54, 1.807) is 99.6 Å². The number of halogens is 4. The van der Waals surface area contributed by atoms with E-state index in [-0.39, 0.29) is 82.5 Å². The predicted octanol–water partition coefficient (Wildman–Crippen LogP) is 3.92. The van der Waals surface area contributed by atoms with Crippen LogP contribution in [0.25, 0.3) is 0 Å². The van der Waals surface area contributed by atoms with E-state index in [9.17, 15) is 18.8 Å². The van der Waals surface area contributed by atoms with Crippen LogP contribution in [0.1, 0.15) is 47.8 Å². The molecule has 0 aliphatic carbocycles. The van der Waals surface area contributed by atoms with E-state index in [0.717, 1.165) is 28.2 Å². The molecule has 0 saturated heterocycles. The molecule has 0 saturated carbocycles. The Kier molecular flexibility index (Phi) is 46.8. The number of carbonyl (C=O) groups is 3. The molecule has 0 bridgehead atoms. The first-order valence-electron chi connectivity index (χ1n) is 15.6. The van der Waals surface area contributed by atoms with Gasteiger partial charge in [0.2, 0.25) is 0 Å². The molecule has 10 nitrogen and oxygen atoms in total. The Hall–Kier alpha value is -2.03. The van der Waals surface area contributed by atoms with Crippen molar-refractivity contribution in [2.24, 2.45) is 0 Å². The molecule has 0 aromatic heterocycles. The second kappa shape index (κ2) is 41.7. The second-order valence-electron chi connectivity index (χ2n) is 9.64.